The molecule has 1 heterocycles. The second-order valence-electron chi connectivity index (χ2n) is 4.48. The summed E-state index contributed by atoms with van der Waals surface area (Å²) in [4.78, 5) is 14.7. The van der Waals surface area contributed by atoms with Crippen LogP contribution in [0.1, 0.15) is 16.0 Å². The van der Waals surface area contributed by atoms with Gasteiger partial charge in [0.05, 0.1) is 15.4 Å². The number of carbonyl (C=O) groups is 1. The average molecular weight is 361 g/mol. The highest BCUT2D eigenvalue weighted by atomic mass is 79.9. The standard InChI is InChI=1S/C16H13BrN2OS/c1-19(11-13-4-2-12(10-18)3-5-13)16(20)9-7-14-6-8-15(17)21-14/h2-9H,11H2,1H3/b9-7+. The fourth-order valence-corrected chi connectivity index (χ4v) is 3.06. The van der Waals surface area contributed by atoms with Gasteiger partial charge >= 0.3 is 0 Å². The van der Waals surface area contributed by atoms with Crippen LogP contribution in [0, 0.1) is 11.3 Å². The maximum absolute atomic E-state index is 12.0. The number of benzene rings is 1. The van der Waals surface area contributed by atoms with Crippen LogP contribution >= 0.6 is 27.3 Å². The number of amides is 1. The number of nitrogens with zero attached hydrogens (tertiary/aromatic N) is 2. The van der Waals surface area contributed by atoms with E-state index in [-0.39, 0.29) is 5.91 Å². The molecule has 1 aromatic heterocycles. The van der Waals surface area contributed by atoms with Gasteiger partial charge in [0.1, 0.15) is 0 Å². The van der Waals surface area contributed by atoms with Gasteiger partial charge in [0.2, 0.25) is 5.91 Å². The molecular weight excluding hydrogens is 348 g/mol. The lowest BCUT2D eigenvalue weighted by molar-refractivity contribution is -0.125. The first-order valence-electron chi connectivity index (χ1n) is 6.26. The molecule has 106 valence electrons. The lowest BCUT2D eigenvalue weighted by Crippen LogP contribution is -2.24. The normalized spacial score (nSPS) is 10.5. The summed E-state index contributed by atoms with van der Waals surface area (Å²) in [5, 5.41) is 8.75. The fourth-order valence-electron chi connectivity index (χ4n) is 1.73. The highest BCUT2D eigenvalue weighted by Crippen LogP contribution is 2.23. The lowest BCUT2D eigenvalue weighted by atomic mass is 10.1. The van der Waals surface area contributed by atoms with Gasteiger partial charge in [0.25, 0.3) is 0 Å². The van der Waals surface area contributed by atoms with Crippen molar-refractivity contribution < 1.29 is 4.79 Å². The molecule has 0 atom stereocenters. The fraction of sp³-hybridized carbons (Fsp3) is 0.125. The Bertz CT molecular complexity index is 698. The van der Waals surface area contributed by atoms with E-state index in [4.69, 9.17) is 5.26 Å². The number of carbonyl (C=O) groups excluding carboxylic acids is 1. The molecule has 0 fully saturated rings. The number of likely N-dealkylation sites (N-methyl/N-ethyl adjacent to an activating group) is 1. The Morgan fingerprint density at radius 3 is 2.62 bits per heavy atom. The highest BCUT2D eigenvalue weighted by Gasteiger charge is 2.06. The van der Waals surface area contributed by atoms with Crippen molar-refractivity contribution in [1.82, 2.24) is 4.90 Å². The Morgan fingerprint density at radius 1 is 1.33 bits per heavy atom. The largest absolute Gasteiger partial charge is 0.338 e. The zero-order valence-corrected chi connectivity index (χ0v) is 13.8. The van der Waals surface area contributed by atoms with Gasteiger partial charge in [0, 0.05) is 24.5 Å². The van der Waals surface area contributed by atoms with Crippen molar-refractivity contribution >= 4 is 39.2 Å². The number of halogens is 1. The summed E-state index contributed by atoms with van der Waals surface area (Å²) >= 11 is 4.97. The summed E-state index contributed by atoms with van der Waals surface area (Å²) in [6.45, 7) is 0.517. The molecule has 0 saturated carbocycles. The monoisotopic (exact) mass is 360 g/mol. The third kappa shape index (κ3) is 4.55. The van der Waals surface area contributed by atoms with E-state index in [9.17, 15) is 4.79 Å². The molecule has 2 aromatic rings. The molecule has 1 aromatic carbocycles. The smallest absolute Gasteiger partial charge is 0.246 e. The Kier molecular flexibility index (Phi) is 5.32. The minimum Gasteiger partial charge on any atom is -0.338 e. The molecule has 2 rings (SSSR count). The van der Waals surface area contributed by atoms with Crippen LogP contribution in [0.2, 0.25) is 0 Å². The van der Waals surface area contributed by atoms with E-state index in [1.54, 1.807) is 41.5 Å². The first-order chi connectivity index (χ1) is 10.1. The third-order valence-corrected chi connectivity index (χ3v) is 4.45. The first-order valence-corrected chi connectivity index (χ1v) is 7.87. The molecular formula is C16H13BrN2OS. The summed E-state index contributed by atoms with van der Waals surface area (Å²) in [5.41, 5.74) is 1.62. The highest BCUT2D eigenvalue weighted by molar-refractivity contribution is 9.11. The molecule has 5 heteroatoms. The van der Waals surface area contributed by atoms with Gasteiger partial charge in [-0.2, -0.15) is 5.26 Å². The summed E-state index contributed by atoms with van der Waals surface area (Å²) in [7, 11) is 1.76. The van der Waals surface area contributed by atoms with Crippen LogP contribution in [0.4, 0.5) is 0 Å². The summed E-state index contributed by atoms with van der Waals surface area (Å²) in [6.07, 6.45) is 3.38. The molecule has 21 heavy (non-hydrogen) atoms. The van der Waals surface area contributed by atoms with Crippen LogP contribution < -0.4 is 0 Å². The van der Waals surface area contributed by atoms with Gasteiger partial charge in [-0.1, -0.05) is 12.1 Å². The van der Waals surface area contributed by atoms with E-state index in [2.05, 4.69) is 22.0 Å². The molecule has 0 aliphatic carbocycles. The molecule has 0 saturated heterocycles. The molecule has 0 spiro atoms. The molecule has 0 N–H and O–H groups in total. The Hall–Kier alpha value is -1.90. The quantitative estimate of drug-likeness (QED) is 0.771. The van der Waals surface area contributed by atoms with Crippen molar-refractivity contribution in [3.05, 3.63) is 62.3 Å². The van der Waals surface area contributed by atoms with E-state index in [1.807, 2.05) is 30.3 Å². The molecule has 1 amide bonds. The molecule has 0 aliphatic rings. The van der Waals surface area contributed by atoms with Crippen molar-refractivity contribution in [3.8, 4) is 6.07 Å². The Morgan fingerprint density at radius 2 is 2.05 bits per heavy atom. The number of thiophene rings is 1. The maximum Gasteiger partial charge on any atom is 0.246 e. The zero-order valence-electron chi connectivity index (χ0n) is 11.4. The van der Waals surface area contributed by atoms with E-state index < -0.39 is 0 Å². The molecule has 0 aliphatic heterocycles. The van der Waals surface area contributed by atoms with Crippen LogP contribution in [-0.2, 0) is 11.3 Å². The van der Waals surface area contributed by atoms with Gasteiger partial charge in [-0.25, -0.2) is 0 Å². The van der Waals surface area contributed by atoms with Crippen molar-refractivity contribution in [1.29, 1.82) is 5.26 Å². The van der Waals surface area contributed by atoms with Crippen LogP contribution in [0.3, 0.4) is 0 Å². The zero-order chi connectivity index (χ0) is 15.2. The topological polar surface area (TPSA) is 44.1 Å². The third-order valence-electron chi connectivity index (χ3n) is 2.86. The van der Waals surface area contributed by atoms with E-state index in [0.29, 0.717) is 12.1 Å². The number of hydrogen-bond acceptors (Lipinski definition) is 3. The van der Waals surface area contributed by atoms with Crippen LogP contribution in [0.15, 0.2) is 46.3 Å². The number of hydrogen-bond donors (Lipinski definition) is 0. The number of nitriles is 1. The molecule has 3 nitrogen and oxygen atoms in total. The van der Waals surface area contributed by atoms with Gasteiger partial charge in [-0.3, -0.25) is 4.79 Å². The number of rotatable bonds is 4. The average Bonchev–Trinajstić information content (AvgIpc) is 2.91. The van der Waals surface area contributed by atoms with E-state index in [1.165, 1.54) is 0 Å². The van der Waals surface area contributed by atoms with E-state index >= 15 is 0 Å². The van der Waals surface area contributed by atoms with E-state index in [0.717, 1.165) is 14.2 Å². The van der Waals surface area contributed by atoms with Crippen LogP contribution in [0.25, 0.3) is 6.08 Å². The van der Waals surface area contributed by atoms with Gasteiger partial charge < -0.3 is 4.90 Å². The SMILES string of the molecule is CN(Cc1ccc(C#N)cc1)C(=O)/C=C/c1ccc(Br)s1. The summed E-state index contributed by atoms with van der Waals surface area (Å²) < 4.78 is 1.04. The molecule has 0 unspecified atom stereocenters. The molecule has 0 radical (unpaired) electrons. The van der Waals surface area contributed by atoms with Crippen molar-refractivity contribution in [2.45, 2.75) is 6.54 Å². The van der Waals surface area contributed by atoms with Crippen LogP contribution in [0.5, 0.6) is 0 Å². The van der Waals surface area contributed by atoms with Crippen LogP contribution in [-0.4, -0.2) is 17.9 Å². The summed E-state index contributed by atoms with van der Waals surface area (Å²) in [6, 6.07) is 13.2. The van der Waals surface area contributed by atoms with Crippen molar-refractivity contribution in [2.24, 2.45) is 0 Å². The summed E-state index contributed by atoms with van der Waals surface area (Å²) in [5.74, 6) is -0.0520. The van der Waals surface area contributed by atoms with Gasteiger partial charge in [0.15, 0.2) is 0 Å². The van der Waals surface area contributed by atoms with Crippen molar-refractivity contribution in [2.75, 3.05) is 7.05 Å². The lowest BCUT2D eigenvalue weighted by Gasteiger charge is -2.15. The second-order valence-corrected chi connectivity index (χ2v) is 6.97. The minimum atomic E-state index is -0.0520. The predicted molar refractivity (Wildman–Crippen MR) is 88.7 cm³/mol. The Labute approximate surface area is 136 Å². The van der Waals surface area contributed by atoms with Gasteiger partial charge in [-0.15, -0.1) is 11.3 Å². The Balaban J connectivity index is 1.95. The molecule has 0 bridgehead atoms. The minimum absolute atomic E-state index is 0.0520. The predicted octanol–water partition coefficient (Wildman–Crippen LogP) is 4.05. The second kappa shape index (κ2) is 7.21. The van der Waals surface area contributed by atoms with Gasteiger partial charge in [-0.05, 0) is 51.8 Å². The first kappa shape index (κ1) is 15.5. The van der Waals surface area contributed by atoms with Crippen molar-refractivity contribution in [3.63, 3.8) is 0 Å². The maximum atomic E-state index is 12.0.